The number of nitriles is 2. The molecule has 1 aromatic carbocycles. The number of aromatic hydroxyl groups is 1. The summed E-state index contributed by atoms with van der Waals surface area (Å²) in [5.74, 6) is -0.630. The van der Waals surface area contributed by atoms with Crippen molar-refractivity contribution in [1.29, 1.82) is 10.5 Å². The van der Waals surface area contributed by atoms with Crippen LogP contribution in [0.15, 0.2) is 23.1 Å². The maximum absolute atomic E-state index is 11.8. The van der Waals surface area contributed by atoms with E-state index in [0.29, 0.717) is 11.1 Å². The Morgan fingerprint density at radius 2 is 1.95 bits per heavy atom. The molecule has 1 N–H and O–H groups in total. The number of benzene rings is 1. The fourth-order valence-corrected chi connectivity index (χ4v) is 2.53. The van der Waals surface area contributed by atoms with Crippen LogP contribution >= 0.6 is 0 Å². The van der Waals surface area contributed by atoms with Gasteiger partial charge in [0.15, 0.2) is 0 Å². The van der Waals surface area contributed by atoms with Crippen molar-refractivity contribution in [3.8, 4) is 17.9 Å². The number of hydrogen-bond acceptors (Lipinski definition) is 5. The molecule has 5 nitrogen and oxygen atoms in total. The molecule has 0 saturated carbocycles. The minimum atomic E-state index is -3.90. The number of rotatable bonds is 3. The molecule has 0 spiro atoms. The summed E-state index contributed by atoms with van der Waals surface area (Å²) in [6.07, 6.45) is 1.21. The molecule has 0 saturated heterocycles. The third-order valence-electron chi connectivity index (χ3n) is 2.83. The predicted octanol–water partition coefficient (Wildman–Crippen LogP) is 2.49. The van der Waals surface area contributed by atoms with Crippen LogP contribution in [0.3, 0.4) is 0 Å². The summed E-state index contributed by atoms with van der Waals surface area (Å²) in [4.78, 5) is -0.463. The molecule has 1 aromatic rings. The average molecular weight is 304 g/mol. The molecule has 6 heteroatoms. The monoisotopic (exact) mass is 304 g/mol. The quantitative estimate of drug-likeness (QED) is 0.864. The van der Waals surface area contributed by atoms with Gasteiger partial charge in [0.1, 0.15) is 22.5 Å². The zero-order chi connectivity index (χ0) is 16.3. The zero-order valence-corrected chi connectivity index (χ0v) is 12.9. The zero-order valence-electron chi connectivity index (χ0n) is 12.1. The van der Waals surface area contributed by atoms with Crippen molar-refractivity contribution in [1.82, 2.24) is 0 Å². The number of phenolic OH excluding ortho intramolecular Hbond substituents is 1. The highest BCUT2D eigenvalue weighted by atomic mass is 32.2. The molecule has 110 valence electrons. The molecule has 0 heterocycles. The van der Waals surface area contributed by atoms with Crippen molar-refractivity contribution in [2.24, 2.45) is 0 Å². The largest absolute Gasteiger partial charge is 0.508 e. The molecule has 0 fully saturated rings. The highest BCUT2D eigenvalue weighted by molar-refractivity contribution is 7.95. The van der Waals surface area contributed by atoms with Crippen LogP contribution in [0.25, 0.3) is 6.08 Å². The van der Waals surface area contributed by atoms with E-state index >= 15 is 0 Å². The van der Waals surface area contributed by atoms with Gasteiger partial charge in [0.05, 0.1) is 6.07 Å². The molecule has 0 amide bonds. The van der Waals surface area contributed by atoms with Crippen LogP contribution in [0.1, 0.15) is 31.9 Å². The van der Waals surface area contributed by atoms with Crippen LogP contribution in [0.5, 0.6) is 5.75 Å². The highest BCUT2D eigenvalue weighted by Crippen LogP contribution is 2.31. The van der Waals surface area contributed by atoms with E-state index in [-0.39, 0.29) is 11.2 Å². The predicted molar refractivity (Wildman–Crippen MR) is 79.8 cm³/mol. The summed E-state index contributed by atoms with van der Waals surface area (Å²) in [6, 6.07) is 7.75. The van der Waals surface area contributed by atoms with Crippen molar-refractivity contribution in [3.63, 3.8) is 0 Å². The summed E-state index contributed by atoms with van der Waals surface area (Å²) in [5.41, 5.74) is 0.800. The summed E-state index contributed by atoms with van der Waals surface area (Å²) in [5, 5.41) is 27.3. The second kappa shape index (κ2) is 5.99. The first kappa shape index (κ1) is 16.7. The van der Waals surface area contributed by atoms with Crippen LogP contribution in [0, 0.1) is 22.7 Å². The summed E-state index contributed by atoms with van der Waals surface area (Å²) in [7, 11) is -3.90. The Morgan fingerprint density at radius 1 is 1.33 bits per heavy atom. The van der Waals surface area contributed by atoms with E-state index in [0.717, 1.165) is 0 Å². The van der Waals surface area contributed by atoms with Gasteiger partial charge < -0.3 is 5.11 Å². The van der Waals surface area contributed by atoms with Gasteiger partial charge >= 0.3 is 0 Å². The highest BCUT2D eigenvalue weighted by Gasteiger charge is 2.20. The first-order valence-electron chi connectivity index (χ1n) is 6.17. The van der Waals surface area contributed by atoms with Crippen molar-refractivity contribution >= 4 is 15.9 Å². The third-order valence-corrected chi connectivity index (χ3v) is 4.21. The van der Waals surface area contributed by atoms with E-state index < -0.39 is 20.5 Å². The normalized spacial score (nSPS) is 12.5. The van der Waals surface area contributed by atoms with Gasteiger partial charge in [-0.3, -0.25) is 0 Å². The maximum Gasteiger partial charge on any atom is 0.201 e. The first-order chi connectivity index (χ1) is 9.61. The number of sulfone groups is 1. The fraction of sp³-hybridized carbons (Fsp3) is 0.333. The van der Waals surface area contributed by atoms with E-state index in [2.05, 4.69) is 0 Å². The van der Waals surface area contributed by atoms with Gasteiger partial charge in [-0.15, -0.1) is 0 Å². The van der Waals surface area contributed by atoms with Crippen LogP contribution in [-0.4, -0.2) is 19.3 Å². The average Bonchev–Trinajstić information content (AvgIpc) is 2.35. The summed E-state index contributed by atoms with van der Waals surface area (Å²) >= 11 is 0. The lowest BCUT2D eigenvalue weighted by atomic mass is 9.85. The van der Waals surface area contributed by atoms with Gasteiger partial charge in [-0.1, -0.05) is 26.8 Å². The van der Waals surface area contributed by atoms with Gasteiger partial charge in [0.2, 0.25) is 9.84 Å². The lowest BCUT2D eigenvalue weighted by molar-refractivity contribution is 0.446. The molecule has 0 radical (unpaired) electrons. The van der Waals surface area contributed by atoms with Gasteiger partial charge in [-0.2, -0.15) is 10.5 Å². The Morgan fingerprint density at radius 3 is 2.43 bits per heavy atom. The van der Waals surface area contributed by atoms with Crippen LogP contribution < -0.4 is 0 Å². The first-order valence-corrected chi connectivity index (χ1v) is 7.82. The maximum atomic E-state index is 11.8. The number of hydrogen-bond donors (Lipinski definition) is 1. The minimum absolute atomic E-state index is 0.109. The van der Waals surface area contributed by atoms with E-state index in [9.17, 15) is 13.5 Å². The van der Waals surface area contributed by atoms with Crippen molar-refractivity contribution < 1.29 is 13.5 Å². The molecule has 0 unspecified atom stereocenters. The lowest BCUT2D eigenvalue weighted by Gasteiger charge is -2.20. The van der Waals surface area contributed by atoms with Crippen LogP contribution in [0.4, 0.5) is 0 Å². The summed E-state index contributed by atoms with van der Waals surface area (Å²) in [6.45, 7) is 5.73. The molecule has 0 atom stereocenters. The Hall–Kier alpha value is -2.31. The summed E-state index contributed by atoms with van der Waals surface area (Å²) < 4.78 is 23.5. The van der Waals surface area contributed by atoms with Gasteiger partial charge in [0.25, 0.3) is 0 Å². The standard InChI is InChI=1S/C15H16N2O3S/c1-15(2,3)13-9-11(4-5-14(13)18)8-12(10-17)21(19,20)7-6-16/h4-5,8-9,18H,7H2,1-3H3/b12-8+. The third kappa shape index (κ3) is 4.08. The number of phenols is 1. The van der Waals surface area contributed by atoms with E-state index in [1.54, 1.807) is 12.1 Å². The molecule has 1 rings (SSSR count). The molecule has 0 aliphatic carbocycles. The van der Waals surface area contributed by atoms with E-state index in [1.807, 2.05) is 20.8 Å². The Kier molecular flexibility index (Phi) is 4.77. The van der Waals surface area contributed by atoms with Crippen LogP contribution in [0.2, 0.25) is 0 Å². The topological polar surface area (TPSA) is 102 Å². The SMILES string of the molecule is CC(C)(C)c1cc(/C=C(\C#N)S(=O)(=O)CC#N)ccc1O. The van der Waals surface area contributed by atoms with Gasteiger partial charge in [0, 0.05) is 0 Å². The molecule has 21 heavy (non-hydrogen) atoms. The van der Waals surface area contributed by atoms with Gasteiger partial charge in [-0.05, 0) is 34.8 Å². The van der Waals surface area contributed by atoms with Crippen molar-refractivity contribution in [2.45, 2.75) is 26.2 Å². The fourth-order valence-electron chi connectivity index (χ4n) is 1.75. The second-order valence-corrected chi connectivity index (χ2v) is 7.52. The minimum Gasteiger partial charge on any atom is -0.508 e. The Labute approximate surface area is 124 Å². The molecule has 0 aliphatic heterocycles. The van der Waals surface area contributed by atoms with E-state index in [1.165, 1.54) is 24.3 Å². The Balaban J connectivity index is 3.40. The second-order valence-electron chi connectivity index (χ2n) is 5.56. The van der Waals surface area contributed by atoms with Gasteiger partial charge in [-0.25, -0.2) is 8.42 Å². The molecule has 0 aliphatic rings. The van der Waals surface area contributed by atoms with Crippen LogP contribution in [-0.2, 0) is 15.3 Å². The molecule has 0 aromatic heterocycles. The molecule has 0 bridgehead atoms. The lowest BCUT2D eigenvalue weighted by Crippen LogP contribution is -2.11. The Bertz CT molecular complexity index is 758. The van der Waals surface area contributed by atoms with E-state index in [4.69, 9.17) is 10.5 Å². The smallest absolute Gasteiger partial charge is 0.201 e. The molecular formula is C15H16N2O3S. The van der Waals surface area contributed by atoms with Crippen molar-refractivity contribution in [2.75, 3.05) is 5.75 Å². The number of allylic oxidation sites excluding steroid dienone is 1. The number of nitrogens with zero attached hydrogens (tertiary/aromatic N) is 2. The van der Waals surface area contributed by atoms with Crippen molar-refractivity contribution in [3.05, 3.63) is 34.2 Å². The molecular weight excluding hydrogens is 288 g/mol.